The molecule has 0 radical (unpaired) electrons. The van der Waals surface area contributed by atoms with Gasteiger partial charge in [-0.3, -0.25) is 10.1 Å². The van der Waals surface area contributed by atoms with Gasteiger partial charge in [0.05, 0.1) is 10.4 Å². The van der Waals surface area contributed by atoms with Crippen molar-refractivity contribution in [1.29, 1.82) is 0 Å². The number of hydrogen-bond acceptors (Lipinski definition) is 3. The molecule has 0 saturated heterocycles. The molecular formula is C13H16Br2N2O4. The number of imide groups is 1. The number of amides is 3. The number of carboxylic acid groups (broad SMARTS) is 1. The van der Waals surface area contributed by atoms with E-state index in [1.807, 2.05) is 19.2 Å². The molecule has 0 heterocycles. The van der Waals surface area contributed by atoms with Gasteiger partial charge in [0.15, 0.2) is 0 Å². The minimum Gasteiger partial charge on any atom is -0.478 e. The Kier molecular flexibility index (Phi) is 8.87. The number of nitrogens with one attached hydrogen (secondary N) is 1. The zero-order chi connectivity index (χ0) is 16.6. The molecule has 1 atom stereocenters. The maximum atomic E-state index is 10.9. The van der Waals surface area contributed by atoms with Gasteiger partial charge in [-0.25, -0.2) is 9.59 Å². The molecule has 4 N–H and O–H groups in total. The standard InChI is InChI=1S/C7H5BrO2.C6H11BrN2O2/c8-6-4-2-1-3-5(6)7(9)10;1-3(2)4(7)5(10)9-6(8)11/h1-4H,(H,9,10);3-4H,1-2H3,(H3,8,9,10,11). The van der Waals surface area contributed by atoms with Crippen LogP contribution in [0, 0.1) is 5.92 Å². The van der Waals surface area contributed by atoms with Gasteiger partial charge < -0.3 is 10.8 Å². The number of halogens is 2. The van der Waals surface area contributed by atoms with Gasteiger partial charge in [-0.15, -0.1) is 0 Å². The maximum Gasteiger partial charge on any atom is 0.336 e. The van der Waals surface area contributed by atoms with E-state index in [0.29, 0.717) is 10.0 Å². The van der Waals surface area contributed by atoms with E-state index < -0.39 is 17.9 Å². The average molecular weight is 424 g/mol. The molecule has 116 valence electrons. The molecule has 6 nitrogen and oxygen atoms in total. The highest BCUT2D eigenvalue weighted by molar-refractivity contribution is 9.10. The Morgan fingerprint density at radius 1 is 1.24 bits per heavy atom. The SMILES string of the molecule is CC(C)C(Br)C(=O)NC(N)=O.O=C(O)c1ccccc1Br. The largest absolute Gasteiger partial charge is 0.478 e. The molecule has 1 aromatic rings. The molecule has 0 fully saturated rings. The summed E-state index contributed by atoms with van der Waals surface area (Å²) in [5, 5.41) is 10.5. The van der Waals surface area contributed by atoms with E-state index >= 15 is 0 Å². The summed E-state index contributed by atoms with van der Waals surface area (Å²) in [6.07, 6.45) is 0. The Labute approximate surface area is 139 Å². The van der Waals surface area contributed by atoms with E-state index in [1.165, 1.54) is 0 Å². The Bertz CT molecular complexity index is 521. The molecular weight excluding hydrogens is 408 g/mol. The fourth-order valence-electron chi connectivity index (χ4n) is 1.13. The van der Waals surface area contributed by atoms with Crippen molar-refractivity contribution < 1.29 is 19.5 Å². The van der Waals surface area contributed by atoms with E-state index in [-0.39, 0.29) is 10.7 Å². The van der Waals surface area contributed by atoms with E-state index in [9.17, 15) is 14.4 Å². The quantitative estimate of drug-likeness (QED) is 0.649. The highest BCUT2D eigenvalue weighted by Crippen LogP contribution is 2.14. The molecule has 1 unspecified atom stereocenters. The third-order valence-corrected chi connectivity index (χ3v) is 4.35. The van der Waals surface area contributed by atoms with Gasteiger partial charge in [-0.05, 0) is 34.0 Å². The van der Waals surface area contributed by atoms with Gasteiger partial charge in [-0.1, -0.05) is 41.9 Å². The van der Waals surface area contributed by atoms with Gasteiger partial charge in [0.1, 0.15) is 0 Å². The second-order valence-electron chi connectivity index (χ2n) is 4.28. The normalized spacial score (nSPS) is 11.1. The molecule has 0 saturated carbocycles. The summed E-state index contributed by atoms with van der Waals surface area (Å²) in [4.78, 5) is 31.2. The molecule has 21 heavy (non-hydrogen) atoms. The summed E-state index contributed by atoms with van der Waals surface area (Å²) in [5.41, 5.74) is 5.03. The summed E-state index contributed by atoms with van der Waals surface area (Å²) < 4.78 is 0.613. The van der Waals surface area contributed by atoms with E-state index in [4.69, 9.17) is 10.8 Å². The zero-order valence-corrected chi connectivity index (χ0v) is 14.6. The number of primary amides is 1. The minimum atomic E-state index is -0.910. The number of urea groups is 1. The highest BCUT2D eigenvalue weighted by atomic mass is 79.9. The van der Waals surface area contributed by atoms with Crippen molar-refractivity contribution >= 4 is 49.8 Å². The summed E-state index contributed by atoms with van der Waals surface area (Å²) in [7, 11) is 0. The van der Waals surface area contributed by atoms with Gasteiger partial charge in [-0.2, -0.15) is 0 Å². The van der Waals surface area contributed by atoms with Crippen molar-refractivity contribution in [3.8, 4) is 0 Å². The molecule has 0 aliphatic rings. The zero-order valence-electron chi connectivity index (χ0n) is 11.5. The summed E-state index contributed by atoms with van der Waals surface area (Å²) in [5.74, 6) is -1.17. The fourth-order valence-corrected chi connectivity index (χ4v) is 1.70. The highest BCUT2D eigenvalue weighted by Gasteiger charge is 2.19. The summed E-state index contributed by atoms with van der Waals surface area (Å²) in [6, 6.07) is 5.89. The van der Waals surface area contributed by atoms with Gasteiger partial charge in [0.2, 0.25) is 5.91 Å². The van der Waals surface area contributed by atoms with Crippen molar-refractivity contribution in [1.82, 2.24) is 5.32 Å². The molecule has 0 aliphatic carbocycles. The number of benzene rings is 1. The maximum absolute atomic E-state index is 10.9. The molecule has 3 amide bonds. The van der Waals surface area contributed by atoms with Crippen LogP contribution in [0.3, 0.4) is 0 Å². The number of carbonyl (C=O) groups excluding carboxylic acids is 2. The average Bonchev–Trinajstić information content (AvgIpc) is 2.37. The van der Waals surface area contributed by atoms with Crippen LogP contribution >= 0.6 is 31.9 Å². The number of hydrogen-bond donors (Lipinski definition) is 3. The molecule has 8 heteroatoms. The lowest BCUT2D eigenvalue weighted by atomic mass is 10.1. The van der Waals surface area contributed by atoms with Crippen LogP contribution in [0.25, 0.3) is 0 Å². The second kappa shape index (κ2) is 9.51. The Hall–Kier alpha value is -1.41. The Balaban J connectivity index is 0.000000382. The predicted octanol–water partition coefficient (Wildman–Crippen LogP) is 2.75. The van der Waals surface area contributed by atoms with Crippen molar-refractivity contribution in [2.24, 2.45) is 11.7 Å². The lowest BCUT2D eigenvalue weighted by molar-refractivity contribution is -0.119. The Morgan fingerprint density at radius 3 is 2.10 bits per heavy atom. The number of carbonyl (C=O) groups is 3. The first-order valence-electron chi connectivity index (χ1n) is 5.89. The third kappa shape index (κ3) is 7.81. The van der Waals surface area contributed by atoms with Crippen molar-refractivity contribution in [2.45, 2.75) is 18.7 Å². The van der Waals surface area contributed by atoms with Crippen LogP contribution in [0.4, 0.5) is 4.79 Å². The first kappa shape index (κ1) is 19.6. The first-order valence-corrected chi connectivity index (χ1v) is 7.59. The fraction of sp³-hybridized carbons (Fsp3) is 0.308. The van der Waals surface area contributed by atoms with Crippen molar-refractivity contribution in [3.05, 3.63) is 34.3 Å². The third-order valence-electron chi connectivity index (χ3n) is 2.19. The van der Waals surface area contributed by atoms with Crippen molar-refractivity contribution in [2.75, 3.05) is 0 Å². The van der Waals surface area contributed by atoms with E-state index in [2.05, 4.69) is 31.9 Å². The number of nitrogens with two attached hydrogens (primary N) is 1. The number of alkyl halides is 1. The van der Waals surface area contributed by atoms with E-state index in [1.54, 1.807) is 24.3 Å². The monoisotopic (exact) mass is 422 g/mol. The minimum absolute atomic E-state index is 0.134. The van der Waals surface area contributed by atoms with E-state index in [0.717, 1.165) is 0 Å². The summed E-state index contributed by atoms with van der Waals surface area (Å²) >= 11 is 6.23. The first-order chi connectivity index (χ1) is 9.66. The number of aromatic carboxylic acids is 1. The van der Waals surface area contributed by atoms with Gasteiger partial charge in [0, 0.05) is 4.47 Å². The Morgan fingerprint density at radius 2 is 1.76 bits per heavy atom. The van der Waals surface area contributed by atoms with Gasteiger partial charge in [0.25, 0.3) is 0 Å². The van der Waals surface area contributed by atoms with Crippen molar-refractivity contribution in [3.63, 3.8) is 0 Å². The van der Waals surface area contributed by atoms with Crippen LogP contribution < -0.4 is 11.1 Å². The number of rotatable bonds is 3. The van der Waals surface area contributed by atoms with Gasteiger partial charge >= 0.3 is 12.0 Å². The van der Waals surface area contributed by atoms with Crippen LogP contribution in [-0.2, 0) is 4.79 Å². The molecule has 0 aromatic heterocycles. The van der Waals surface area contributed by atoms with Crippen LogP contribution in [0.15, 0.2) is 28.7 Å². The molecule has 0 aliphatic heterocycles. The van der Waals surface area contributed by atoms with Crippen LogP contribution in [0.2, 0.25) is 0 Å². The number of carboxylic acids is 1. The van der Waals surface area contributed by atoms with Crippen LogP contribution in [0.1, 0.15) is 24.2 Å². The topological polar surface area (TPSA) is 109 Å². The second-order valence-corrected chi connectivity index (χ2v) is 6.13. The molecule has 1 aromatic carbocycles. The molecule has 1 rings (SSSR count). The van der Waals surface area contributed by atoms with Crippen LogP contribution in [0.5, 0.6) is 0 Å². The lowest BCUT2D eigenvalue weighted by Gasteiger charge is -2.11. The lowest BCUT2D eigenvalue weighted by Crippen LogP contribution is -2.41. The molecule has 0 spiro atoms. The summed E-state index contributed by atoms with van der Waals surface area (Å²) in [6.45, 7) is 3.72. The molecule has 0 bridgehead atoms. The van der Waals surface area contributed by atoms with Crippen LogP contribution in [-0.4, -0.2) is 27.8 Å². The smallest absolute Gasteiger partial charge is 0.336 e. The predicted molar refractivity (Wildman–Crippen MR) is 86.4 cm³/mol.